The lowest BCUT2D eigenvalue weighted by Gasteiger charge is -2.22. The van der Waals surface area contributed by atoms with E-state index in [9.17, 15) is 4.79 Å². The second-order valence-corrected chi connectivity index (χ2v) is 3.48. The fourth-order valence-corrected chi connectivity index (χ4v) is 1.53. The molecule has 1 atom stereocenters. The summed E-state index contributed by atoms with van der Waals surface area (Å²) in [6.07, 6.45) is 3.56. The Bertz CT molecular complexity index is 155. The highest BCUT2D eigenvalue weighted by molar-refractivity contribution is 5.73. The largest absolute Gasteiger partial charge is 0.370 e. The molecule has 1 heterocycles. The Morgan fingerprint density at radius 2 is 2.38 bits per heavy atom. The zero-order valence-electron chi connectivity index (χ0n) is 7.96. The SMILES string of the molecule is NC(=O)CCCCC1CNCC[N]1. The molecule has 1 radical (unpaired) electrons. The highest BCUT2D eigenvalue weighted by atomic mass is 16.1. The third kappa shape index (κ3) is 4.85. The molecule has 1 aliphatic rings. The summed E-state index contributed by atoms with van der Waals surface area (Å²) in [6, 6.07) is 0.460. The lowest BCUT2D eigenvalue weighted by Crippen LogP contribution is -2.43. The van der Waals surface area contributed by atoms with Crippen molar-refractivity contribution >= 4 is 5.91 Å². The van der Waals surface area contributed by atoms with E-state index in [0.717, 1.165) is 38.9 Å². The number of nitrogens with two attached hydrogens (primary N) is 1. The van der Waals surface area contributed by atoms with Gasteiger partial charge in [0.15, 0.2) is 0 Å². The Balaban J connectivity index is 1.95. The van der Waals surface area contributed by atoms with Crippen molar-refractivity contribution in [1.82, 2.24) is 10.6 Å². The molecule has 4 nitrogen and oxygen atoms in total. The Kier molecular flexibility index (Phi) is 4.78. The van der Waals surface area contributed by atoms with Crippen molar-refractivity contribution in [3.63, 3.8) is 0 Å². The van der Waals surface area contributed by atoms with E-state index in [-0.39, 0.29) is 5.91 Å². The molecule has 0 bridgehead atoms. The van der Waals surface area contributed by atoms with Crippen LogP contribution in [0.3, 0.4) is 0 Å². The van der Waals surface area contributed by atoms with Crippen molar-refractivity contribution in [3.8, 4) is 0 Å². The number of piperazine rings is 1. The van der Waals surface area contributed by atoms with Crippen LogP contribution in [-0.4, -0.2) is 31.6 Å². The number of nitrogens with zero attached hydrogens (tertiary/aromatic N) is 1. The summed E-state index contributed by atoms with van der Waals surface area (Å²) >= 11 is 0. The standard InChI is InChI=1S/C9H18N3O/c10-9(13)4-2-1-3-8-7-11-5-6-12-8/h8,11H,1-7H2,(H2,10,13). The molecule has 0 saturated carbocycles. The third-order valence-corrected chi connectivity index (χ3v) is 2.27. The van der Waals surface area contributed by atoms with Gasteiger partial charge in [-0.15, -0.1) is 0 Å². The van der Waals surface area contributed by atoms with Crippen molar-refractivity contribution in [2.24, 2.45) is 5.73 Å². The van der Waals surface area contributed by atoms with Crippen LogP contribution in [-0.2, 0) is 4.79 Å². The highest BCUT2D eigenvalue weighted by Crippen LogP contribution is 2.05. The minimum atomic E-state index is -0.196. The van der Waals surface area contributed by atoms with E-state index in [2.05, 4.69) is 10.6 Å². The van der Waals surface area contributed by atoms with E-state index in [1.807, 2.05) is 0 Å². The molecule has 13 heavy (non-hydrogen) atoms. The Labute approximate surface area is 79.3 Å². The van der Waals surface area contributed by atoms with E-state index in [1.165, 1.54) is 0 Å². The van der Waals surface area contributed by atoms with Gasteiger partial charge in [0.05, 0.1) is 0 Å². The minimum absolute atomic E-state index is 0.196. The number of primary amides is 1. The lowest BCUT2D eigenvalue weighted by molar-refractivity contribution is -0.118. The minimum Gasteiger partial charge on any atom is -0.370 e. The molecule has 1 rings (SSSR count). The Hall–Kier alpha value is -0.610. The van der Waals surface area contributed by atoms with Crippen LogP contribution in [0.2, 0.25) is 0 Å². The molecule has 4 heteroatoms. The first kappa shape index (κ1) is 10.5. The molecular weight excluding hydrogens is 166 g/mol. The van der Waals surface area contributed by atoms with Crippen LogP contribution < -0.4 is 16.4 Å². The maximum absolute atomic E-state index is 10.4. The average molecular weight is 184 g/mol. The molecule has 1 fully saturated rings. The van der Waals surface area contributed by atoms with Gasteiger partial charge < -0.3 is 11.1 Å². The molecule has 0 aromatic heterocycles. The first-order valence-corrected chi connectivity index (χ1v) is 4.94. The van der Waals surface area contributed by atoms with E-state index in [0.29, 0.717) is 12.5 Å². The van der Waals surface area contributed by atoms with Gasteiger partial charge in [-0.2, -0.15) is 0 Å². The van der Waals surface area contributed by atoms with Crippen molar-refractivity contribution in [1.29, 1.82) is 0 Å². The highest BCUT2D eigenvalue weighted by Gasteiger charge is 2.12. The Morgan fingerprint density at radius 1 is 1.54 bits per heavy atom. The molecule has 1 saturated heterocycles. The van der Waals surface area contributed by atoms with E-state index < -0.39 is 0 Å². The van der Waals surface area contributed by atoms with Gasteiger partial charge >= 0.3 is 0 Å². The van der Waals surface area contributed by atoms with Gasteiger partial charge in [0.25, 0.3) is 0 Å². The predicted molar refractivity (Wildman–Crippen MR) is 51.3 cm³/mol. The molecule has 0 aromatic carbocycles. The molecule has 1 unspecified atom stereocenters. The maximum atomic E-state index is 10.4. The van der Waals surface area contributed by atoms with Crippen LogP contribution in [0.4, 0.5) is 0 Å². The maximum Gasteiger partial charge on any atom is 0.217 e. The number of unbranched alkanes of at least 4 members (excludes halogenated alkanes) is 1. The molecule has 75 valence electrons. The number of carbonyl (C=O) groups is 1. The number of hydrogen-bond acceptors (Lipinski definition) is 2. The first-order valence-electron chi connectivity index (χ1n) is 4.94. The summed E-state index contributed by atoms with van der Waals surface area (Å²) in [4.78, 5) is 10.4. The third-order valence-electron chi connectivity index (χ3n) is 2.27. The van der Waals surface area contributed by atoms with Gasteiger partial charge in [0.1, 0.15) is 0 Å². The lowest BCUT2D eigenvalue weighted by atomic mass is 10.1. The number of hydrogen-bond donors (Lipinski definition) is 2. The van der Waals surface area contributed by atoms with Crippen LogP contribution in [0, 0.1) is 0 Å². The molecule has 0 spiro atoms. The van der Waals surface area contributed by atoms with Crippen LogP contribution in [0.15, 0.2) is 0 Å². The van der Waals surface area contributed by atoms with Gasteiger partial charge in [-0.25, -0.2) is 5.32 Å². The van der Waals surface area contributed by atoms with Gasteiger partial charge in [0.2, 0.25) is 5.91 Å². The zero-order valence-corrected chi connectivity index (χ0v) is 7.96. The van der Waals surface area contributed by atoms with Crippen molar-refractivity contribution < 1.29 is 4.79 Å². The van der Waals surface area contributed by atoms with Crippen LogP contribution in [0.1, 0.15) is 25.7 Å². The predicted octanol–water partition coefficient (Wildman–Crippen LogP) is -0.392. The van der Waals surface area contributed by atoms with Gasteiger partial charge in [-0.3, -0.25) is 4.79 Å². The average Bonchev–Trinajstić information content (AvgIpc) is 2.14. The molecule has 0 aliphatic carbocycles. The van der Waals surface area contributed by atoms with Gasteiger partial charge in [0, 0.05) is 32.1 Å². The number of amides is 1. The Morgan fingerprint density at radius 3 is 3.00 bits per heavy atom. The molecule has 1 amide bonds. The summed E-state index contributed by atoms with van der Waals surface area (Å²) in [5.41, 5.74) is 5.04. The molecule has 1 aliphatic heterocycles. The number of rotatable bonds is 5. The first-order chi connectivity index (χ1) is 6.29. The van der Waals surface area contributed by atoms with Gasteiger partial charge in [-0.1, -0.05) is 6.42 Å². The quantitative estimate of drug-likeness (QED) is 0.571. The van der Waals surface area contributed by atoms with Gasteiger partial charge in [-0.05, 0) is 12.8 Å². The second-order valence-electron chi connectivity index (χ2n) is 3.48. The fraction of sp³-hybridized carbons (Fsp3) is 0.889. The number of carbonyl (C=O) groups excluding carboxylic acids is 1. The topological polar surface area (TPSA) is 69.2 Å². The zero-order chi connectivity index (χ0) is 9.52. The molecular formula is C9H18N3O. The fourth-order valence-electron chi connectivity index (χ4n) is 1.53. The van der Waals surface area contributed by atoms with E-state index in [1.54, 1.807) is 0 Å². The van der Waals surface area contributed by atoms with Crippen molar-refractivity contribution in [2.75, 3.05) is 19.6 Å². The summed E-state index contributed by atoms with van der Waals surface area (Å²) in [7, 11) is 0. The smallest absolute Gasteiger partial charge is 0.217 e. The summed E-state index contributed by atoms with van der Waals surface area (Å²) in [5, 5.41) is 7.77. The van der Waals surface area contributed by atoms with Crippen LogP contribution >= 0.6 is 0 Å². The van der Waals surface area contributed by atoms with Crippen molar-refractivity contribution in [3.05, 3.63) is 0 Å². The van der Waals surface area contributed by atoms with Crippen LogP contribution in [0.25, 0.3) is 0 Å². The monoisotopic (exact) mass is 184 g/mol. The van der Waals surface area contributed by atoms with Crippen molar-refractivity contribution in [2.45, 2.75) is 31.7 Å². The summed E-state index contributed by atoms with van der Waals surface area (Å²) in [6.45, 7) is 2.94. The summed E-state index contributed by atoms with van der Waals surface area (Å²) in [5.74, 6) is -0.196. The van der Waals surface area contributed by atoms with E-state index >= 15 is 0 Å². The van der Waals surface area contributed by atoms with E-state index in [4.69, 9.17) is 5.73 Å². The number of nitrogens with one attached hydrogen (secondary N) is 1. The molecule has 0 aromatic rings. The normalized spacial score (nSPS) is 22.9. The summed E-state index contributed by atoms with van der Waals surface area (Å²) < 4.78 is 0. The molecule has 3 N–H and O–H groups in total. The van der Waals surface area contributed by atoms with Crippen LogP contribution in [0.5, 0.6) is 0 Å². The second kappa shape index (κ2) is 5.94.